The zero-order valence-electron chi connectivity index (χ0n) is 7.05. The smallest absolute Gasteiger partial charge is 0.149 e. The van der Waals surface area contributed by atoms with Crippen molar-refractivity contribution < 1.29 is 4.79 Å². The molecule has 0 saturated heterocycles. The van der Waals surface area contributed by atoms with Gasteiger partial charge in [0.2, 0.25) is 0 Å². The molecule has 0 aromatic carbocycles. The molecule has 60 valence electrons. The van der Waals surface area contributed by atoms with Crippen LogP contribution < -0.4 is 0 Å². The first-order chi connectivity index (χ1) is 5.02. The average molecular weight is 184 g/mol. The van der Waals surface area contributed by atoms with Crippen LogP contribution in [0.15, 0.2) is 17.5 Å². The number of carbonyl (C=O) groups excluding carboxylic acids is 1. The van der Waals surface area contributed by atoms with Gasteiger partial charge in [-0.1, -0.05) is 25.7 Å². The minimum atomic E-state index is -1.59. The summed E-state index contributed by atoms with van der Waals surface area (Å²) < 4.78 is 0. The second-order valence-corrected chi connectivity index (χ2v) is 9.46. The molecular weight excluding hydrogens is 172 g/mol. The molecule has 0 spiro atoms. The van der Waals surface area contributed by atoms with Gasteiger partial charge in [0.15, 0.2) is 0 Å². The Balaban J connectivity index is 2.88. The van der Waals surface area contributed by atoms with Crippen molar-refractivity contribution >= 4 is 24.8 Å². The van der Waals surface area contributed by atoms with Gasteiger partial charge in [0.25, 0.3) is 0 Å². The van der Waals surface area contributed by atoms with E-state index in [1.54, 1.807) is 11.3 Å². The zero-order chi connectivity index (χ0) is 8.48. The number of hydrogen-bond donors (Lipinski definition) is 0. The molecule has 0 saturated carbocycles. The van der Waals surface area contributed by atoms with Crippen molar-refractivity contribution in [3.05, 3.63) is 22.4 Å². The fraction of sp³-hybridized carbons (Fsp3) is 0.375. The Bertz CT molecular complexity index is 246. The highest BCUT2D eigenvalue weighted by atomic mass is 32.1. The molecule has 0 aliphatic carbocycles. The van der Waals surface area contributed by atoms with E-state index < -0.39 is 8.07 Å². The third-order valence-electron chi connectivity index (χ3n) is 1.43. The summed E-state index contributed by atoms with van der Waals surface area (Å²) in [7, 11) is -1.59. The molecule has 1 rings (SSSR count). The van der Waals surface area contributed by atoms with Crippen LogP contribution in [0.3, 0.4) is 0 Å². The van der Waals surface area contributed by atoms with E-state index in [0.29, 0.717) is 5.41 Å². The summed E-state index contributed by atoms with van der Waals surface area (Å²) in [5, 5.41) is 2.32. The minimum Gasteiger partial charge on any atom is -0.299 e. The van der Waals surface area contributed by atoms with E-state index in [1.165, 1.54) is 0 Å². The molecule has 0 aliphatic heterocycles. The highest BCUT2D eigenvalue weighted by molar-refractivity contribution is 7.18. The first-order valence-electron chi connectivity index (χ1n) is 3.60. The van der Waals surface area contributed by atoms with Crippen LogP contribution >= 0.6 is 11.3 Å². The summed E-state index contributed by atoms with van der Waals surface area (Å²) in [6.45, 7) is 6.24. The third kappa shape index (κ3) is 2.01. The maximum Gasteiger partial charge on any atom is 0.149 e. The molecule has 1 nitrogen and oxygen atoms in total. The minimum absolute atomic E-state index is 0.368. The monoisotopic (exact) mass is 184 g/mol. The van der Waals surface area contributed by atoms with Crippen LogP contribution in [0.5, 0.6) is 0 Å². The summed E-state index contributed by atoms with van der Waals surface area (Å²) in [6.07, 6.45) is 0. The van der Waals surface area contributed by atoms with Crippen molar-refractivity contribution in [2.45, 2.75) is 19.6 Å². The lowest BCUT2D eigenvalue weighted by Crippen LogP contribution is -2.32. The molecule has 0 unspecified atom stereocenters. The molecule has 11 heavy (non-hydrogen) atoms. The Kier molecular flexibility index (Phi) is 2.30. The maximum absolute atomic E-state index is 11.6. The van der Waals surface area contributed by atoms with E-state index in [1.807, 2.05) is 17.5 Å². The second-order valence-electron chi connectivity index (χ2n) is 3.56. The van der Waals surface area contributed by atoms with Crippen LogP contribution in [0.2, 0.25) is 19.6 Å². The lowest BCUT2D eigenvalue weighted by Gasteiger charge is -2.11. The molecule has 0 bridgehead atoms. The third-order valence-corrected chi connectivity index (χ3v) is 4.11. The van der Waals surface area contributed by atoms with E-state index >= 15 is 0 Å². The quantitative estimate of drug-likeness (QED) is 0.646. The highest BCUT2D eigenvalue weighted by Crippen LogP contribution is 2.16. The fourth-order valence-corrected chi connectivity index (χ4v) is 3.26. The van der Waals surface area contributed by atoms with E-state index in [-0.39, 0.29) is 0 Å². The molecule has 0 radical (unpaired) electrons. The molecule has 1 heterocycles. The Hall–Kier alpha value is -0.413. The number of rotatable bonds is 2. The number of carbonyl (C=O) groups is 1. The largest absolute Gasteiger partial charge is 0.299 e. The van der Waals surface area contributed by atoms with Gasteiger partial charge in [0.05, 0.1) is 4.88 Å². The topological polar surface area (TPSA) is 17.1 Å². The van der Waals surface area contributed by atoms with Crippen LogP contribution in [-0.2, 0) is 0 Å². The zero-order valence-corrected chi connectivity index (χ0v) is 8.87. The van der Waals surface area contributed by atoms with Gasteiger partial charge in [0.1, 0.15) is 13.5 Å². The molecule has 0 aliphatic rings. The molecule has 3 heteroatoms. The van der Waals surface area contributed by atoms with Crippen LogP contribution in [-0.4, -0.2) is 13.5 Å². The first kappa shape index (κ1) is 8.68. The molecule has 1 aromatic heterocycles. The molecule has 0 atom stereocenters. The summed E-state index contributed by atoms with van der Waals surface area (Å²) in [5.74, 6) is 0. The van der Waals surface area contributed by atoms with E-state index in [4.69, 9.17) is 0 Å². The van der Waals surface area contributed by atoms with Crippen LogP contribution in [0.25, 0.3) is 0 Å². The van der Waals surface area contributed by atoms with Gasteiger partial charge in [0, 0.05) is 0 Å². The van der Waals surface area contributed by atoms with E-state index in [9.17, 15) is 4.79 Å². The Morgan fingerprint density at radius 2 is 2.09 bits per heavy atom. The average Bonchev–Trinajstić information content (AvgIpc) is 2.34. The lowest BCUT2D eigenvalue weighted by molar-refractivity contribution is 0.107. The van der Waals surface area contributed by atoms with Crippen molar-refractivity contribution in [1.82, 2.24) is 0 Å². The van der Waals surface area contributed by atoms with Crippen LogP contribution in [0.4, 0.5) is 0 Å². The Morgan fingerprint density at radius 1 is 1.45 bits per heavy atom. The number of thiophene rings is 1. The predicted octanol–water partition coefficient (Wildman–Crippen LogP) is 2.81. The van der Waals surface area contributed by atoms with Gasteiger partial charge < -0.3 is 0 Å². The number of hydrogen-bond acceptors (Lipinski definition) is 2. The van der Waals surface area contributed by atoms with Crippen molar-refractivity contribution in [2.24, 2.45) is 0 Å². The van der Waals surface area contributed by atoms with E-state index in [2.05, 4.69) is 19.6 Å². The van der Waals surface area contributed by atoms with Gasteiger partial charge in [-0.3, -0.25) is 4.79 Å². The highest BCUT2D eigenvalue weighted by Gasteiger charge is 2.25. The summed E-state index contributed by atoms with van der Waals surface area (Å²) in [6, 6.07) is 3.84. The van der Waals surface area contributed by atoms with Gasteiger partial charge in [-0.15, -0.1) is 11.3 Å². The molecule has 1 aromatic rings. The van der Waals surface area contributed by atoms with Gasteiger partial charge >= 0.3 is 0 Å². The maximum atomic E-state index is 11.6. The van der Waals surface area contributed by atoms with Crippen molar-refractivity contribution in [3.63, 3.8) is 0 Å². The summed E-state index contributed by atoms with van der Waals surface area (Å²) >= 11 is 1.54. The molecule has 0 fully saturated rings. The lowest BCUT2D eigenvalue weighted by atomic mass is 10.5. The first-order valence-corrected chi connectivity index (χ1v) is 7.98. The van der Waals surface area contributed by atoms with Gasteiger partial charge in [-0.05, 0) is 11.4 Å². The van der Waals surface area contributed by atoms with Crippen molar-refractivity contribution in [1.29, 1.82) is 0 Å². The van der Waals surface area contributed by atoms with Crippen molar-refractivity contribution in [2.75, 3.05) is 0 Å². The van der Waals surface area contributed by atoms with E-state index in [0.717, 1.165) is 4.88 Å². The fourth-order valence-electron chi connectivity index (χ4n) is 0.777. The second kappa shape index (κ2) is 2.91. The normalized spacial score (nSPS) is 11.5. The van der Waals surface area contributed by atoms with Crippen LogP contribution in [0.1, 0.15) is 9.67 Å². The van der Waals surface area contributed by atoms with Gasteiger partial charge in [-0.2, -0.15) is 0 Å². The van der Waals surface area contributed by atoms with Crippen molar-refractivity contribution in [3.8, 4) is 0 Å². The van der Waals surface area contributed by atoms with Crippen LogP contribution in [0, 0.1) is 0 Å². The molecule has 0 N–H and O–H groups in total. The Labute approximate surface area is 72.1 Å². The SMILES string of the molecule is C[Si](C)(C)C(=O)c1cccs1. The Morgan fingerprint density at radius 3 is 2.45 bits per heavy atom. The summed E-state index contributed by atoms with van der Waals surface area (Å²) in [5.41, 5.74) is 0. The summed E-state index contributed by atoms with van der Waals surface area (Å²) in [4.78, 5) is 12.5. The van der Waals surface area contributed by atoms with Gasteiger partial charge in [-0.25, -0.2) is 0 Å². The molecular formula is C8H12OSSi. The molecule has 0 amide bonds. The predicted molar refractivity (Wildman–Crippen MR) is 52.0 cm³/mol. The standard InChI is InChI=1S/C8H12OSSi/c1-11(2,3)8(9)7-5-4-6-10-7/h4-6H,1-3H3.